The number of esters is 1. The van der Waals surface area contributed by atoms with E-state index in [1.165, 1.54) is 199 Å². The molecule has 1 spiro atoms. The highest BCUT2D eigenvalue weighted by Gasteiger charge is 2.60. The van der Waals surface area contributed by atoms with Crippen LogP contribution in [-0.4, -0.2) is 24.5 Å². The van der Waals surface area contributed by atoms with Crippen LogP contribution in [0.15, 0.2) is 45.9 Å². The van der Waals surface area contributed by atoms with Gasteiger partial charge in [0.15, 0.2) is 5.75 Å². The lowest BCUT2D eigenvalue weighted by Crippen LogP contribution is -2.62. The van der Waals surface area contributed by atoms with Crippen LogP contribution >= 0.6 is 39.1 Å². The molecule has 0 bridgehead atoms. The van der Waals surface area contributed by atoms with Crippen molar-refractivity contribution >= 4 is 73.5 Å². The smallest absolute Gasteiger partial charge is 0.306 e. The molecule has 2 heterocycles. The number of unbranched alkanes of at least 4 members (excludes halogenated alkanes) is 33. The molecule has 0 radical (unpaired) electrons. The Morgan fingerprint density at radius 2 is 1.07 bits per heavy atom. The number of rotatable bonds is 39. The Kier molecular flexibility index (Phi) is 27.5. The van der Waals surface area contributed by atoms with Crippen molar-refractivity contribution in [2.45, 2.75) is 277 Å². The van der Waals surface area contributed by atoms with Gasteiger partial charge in [0.2, 0.25) is 5.72 Å². The number of nitrogens with zero attached hydrogens (tertiary/aromatic N) is 2. The van der Waals surface area contributed by atoms with E-state index in [0.717, 1.165) is 70.0 Å². The second-order valence-corrected chi connectivity index (χ2v) is 23.5. The van der Waals surface area contributed by atoms with Gasteiger partial charge in [0.25, 0.3) is 0 Å². The Labute approximate surface area is 445 Å². The minimum absolute atomic E-state index is 0.118. The highest BCUT2D eigenvalue weighted by Crippen LogP contribution is 2.58. The first-order valence-electron chi connectivity index (χ1n) is 29.0. The van der Waals surface area contributed by atoms with Gasteiger partial charge in [0.05, 0.1) is 22.3 Å². The summed E-state index contributed by atoms with van der Waals surface area (Å²) in [5.41, 5.74) is 2.05. The van der Waals surface area contributed by atoms with Crippen molar-refractivity contribution in [2.24, 2.45) is 4.99 Å². The highest BCUT2D eigenvalue weighted by atomic mass is 79.9. The van der Waals surface area contributed by atoms with Crippen LogP contribution in [0.1, 0.15) is 270 Å². The van der Waals surface area contributed by atoms with Crippen molar-refractivity contribution in [3.8, 4) is 5.75 Å². The Morgan fingerprint density at radius 1 is 0.614 bits per heavy atom. The van der Waals surface area contributed by atoms with Gasteiger partial charge in [-0.1, -0.05) is 271 Å². The minimum Gasteiger partial charge on any atom is -0.461 e. The van der Waals surface area contributed by atoms with Crippen LogP contribution < -0.4 is 9.64 Å². The third-order valence-electron chi connectivity index (χ3n) is 15.6. The second-order valence-electron chi connectivity index (χ2n) is 21.8. The van der Waals surface area contributed by atoms with E-state index >= 15 is 0 Å². The van der Waals surface area contributed by atoms with Crippen LogP contribution in [0.25, 0.3) is 10.8 Å². The summed E-state index contributed by atoms with van der Waals surface area (Å²) >= 11 is 17.5. The van der Waals surface area contributed by atoms with Gasteiger partial charge >= 0.3 is 5.97 Å². The van der Waals surface area contributed by atoms with E-state index in [9.17, 15) is 4.79 Å². The van der Waals surface area contributed by atoms with E-state index in [2.05, 4.69) is 66.7 Å². The Balaban J connectivity index is 1.09. The van der Waals surface area contributed by atoms with Gasteiger partial charge in [-0.15, -0.1) is 0 Å². The molecular weight excluding hydrogens is 972 g/mol. The number of ether oxygens (including phenoxy) is 2. The molecule has 0 amide bonds. The molecule has 8 heteroatoms. The fourth-order valence-corrected chi connectivity index (χ4v) is 12.2. The standard InChI is InChI=1S/C62H95BrCl2N2O3/c1-5-7-9-11-13-15-17-19-21-23-24-25-26-28-30-32-34-36-38-40-57(68)69-48-51-44-50-45-52(63)41-42-54(50)58-60(51)70-62(49-66-58)61(3,4)55-46-53(64)47-56(65)59(55)67(62)43-39-37-35-33-31-29-27-22-20-18-16-14-12-10-8-6-2/h41-42,44-47,49H,5-40,43,48H2,1-4H3. The number of hydrogen-bond acceptors (Lipinski definition) is 5. The maximum Gasteiger partial charge on any atom is 0.306 e. The number of halogens is 3. The number of anilines is 1. The lowest BCUT2D eigenvalue weighted by molar-refractivity contribution is -0.145. The zero-order valence-electron chi connectivity index (χ0n) is 44.7. The molecule has 5 rings (SSSR count). The highest BCUT2D eigenvalue weighted by molar-refractivity contribution is 9.10. The van der Waals surface area contributed by atoms with Crippen LogP contribution in [-0.2, 0) is 21.6 Å². The van der Waals surface area contributed by atoms with Crippen molar-refractivity contribution in [2.75, 3.05) is 11.4 Å². The topological polar surface area (TPSA) is 51.1 Å². The lowest BCUT2D eigenvalue weighted by Gasteiger charge is -2.47. The summed E-state index contributed by atoms with van der Waals surface area (Å²) in [5.74, 6) is 0.498. The third kappa shape index (κ3) is 18.3. The van der Waals surface area contributed by atoms with Crippen LogP contribution in [0.4, 0.5) is 11.4 Å². The molecule has 0 aromatic heterocycles. The second kappa shape index (κ2) is 32.8. The fourth-order valence-electron chi connectivity index (χ4n) is 11.2. The molecule has 3 aromatic carbocycles. The number of carbonyl (C=O) groups excluding carboxylic acids is 1. The molecule has 2 aliphatic rings. The maximum atomic E-state index is 13.3. The van der Waals surface area contributed by atoms with Crippen LogP contribution in [0.2, 0.25) is 10.0 Å². The van der Waals surface area contributed by atoms with Crippen molar-refractivity contribution in [3.05, 3.63) is 62.0 Å². The summed E-state index contributed by atoms with van der Waals surface area (Å²) < 4.78 is 14.5. The molecule has 0 fully saturated rings. The van der Waals surface area contributed by atoms with Crippen LogP contribution in [0, 0.1) is 0 Å². The molecule has 1 atom stereocenters. The molecule has 392 valence electrons. The van der Waals surface area contributed by atoms with Crippen molar-refractivity contribution in [1.29, 1.82) is 0 Å². The molecule has 5 nitrogen and oxygen atoms in total. The zero-order valence-corrected chi connectivity index (χ0v) is 47.8. The van der Waals surface area contributed by atoms with Crippen LogP contribution in [0.5, 0.6) is 5.75 Å². The number of hydrogen-bond donors (Lipinski definition) is 0. The predicted molar refractivity (Wildman–Crippen MR) is 307 cm³/mol. The van der Waals surface area contributed by atoms with Gasteiger partial charge in [-0.25, -0.2) is 0 Å². The van der Waals surface area contributed by atoms with Gasteiger partial charge in [-0.05, 0) is 68.0 Å². The maximum absolute atomic E-state index is 13.3. The first-order valence-corrected chi connectivity index (χ1v) is 30.6. The number of fused-ring (bicyclic) bond motifs is 4. The minimum atomic E-state index is -0.972. The van der Waals surface area contributed by atoms with Gasteiger partial charge in [-0.3, -0.25) is 9.79 Å². The summed E-state index contributed by atoms with van der Waals surface area (Å²) in [4.78, 5) is 20.9. The summed E-state index contributed by atoms with van der Waals surface area (Å²) in [6.45, 7) is 9.89. The Hall–Kier alpha value is -2.28. The fraction of sp³-hybridized carbons (Fsp3) is 0.710. The molecule has 0 aliphatic carbocycles. The number of aliphatic imine (C=N–C) groups is 1. The molecule has 0 saturated heterocycles. The summed E-state index contributed by atoms with van der Waals surface area (Å²) in [7, 11) is 0. The Bertz CT molecular complexity index is 2000. The average molecular weight is 1070 g/mol. The largest absolute Gasteiger partial charge is 0.461 e. The monoisotopic (exact) mass is 1060 g/mol. The summed E-state index contributed by atoms with van der Waals surface area (Å²) in [5, 5.41) is 3.24. The van der Waals surface area contributed by atoms with Gasteiger partial charge in [0.1, 0.15) is 12.3 Å². The van der Waals surface area contributed by atoms with Gasteiger partial charge in [-0.2, -0.15) is 0 Å². The zero-order chi connectivity index (χ0) is 49.9. The van der Waals surface area contributed by atoms with E-state index < -0.39 is 11.1 Å². The van der Waals surface area contributed by atoms with E-state index in [0.29, 0.717) is 22.2 Å². The van der Waals surface area contributed by atoms with E-state index in [4.69, 9.17) is 37.7 Å². The molecule has 0 N–H and O–H groups in total. The van der Waals surface area contributed by atoms with Crippen molar-refractivity contribution in [3.63, 3.8) is 0 Å². The van der Waals surface area contributed by atoms with Crippen molar-refractivity contribution < 1.29 is 14.3 Å². The molecule has 2 aliphatic heterocycles. The first-order chi connectivity index (χ1) is 34.1. The quantitative estimate of drug-likeness (QED) is 0.0422. The first kappa shape index (κ1) is 58.6. The van der Waals surface area contributed by atoms with Gasteiger partial charge < -0.3 is 14.4 Å². The van der Waals surface area contributed by atoms with Gasteiger partial charge in [0, 0.05) is 33.4 Å². The summed E-state index contributed by atoms with van der Waals surface area (Å²) in [6, 6.07) is 12.2. The SMILES string of the molecule is CCCCCCCCCCCCCCCCCCCCCC(=O)OCc1cc2cc(Br)ccc2c2c1OC1(C=N2)N(CCCCCCCCCCCCCCCCCC)c2c(Cl)cc(Cl)cc2C1(C)C. The molecule has 0 saturated carbocycles. The molecule has 1 unspecified atom stereocenters. The van der Waals surface area contributed by atoms with Crippen LogP contribution in [0.3, 0.4) is 0 Å². The lowest BCUT2D eigenvalue weighted by atomic mass is 9.77. The molecule has 3 aromatic rings. The van der Waals surface area contributed by atoms with Crippen molar-refractivity contribution in [1.82, 2.24) is 0 Å². The average Bonchev–Trinajstić information content (AvgIpc) is 3.51. The predicted octanol–water partition coefficient (Wildman–Crippen LogP) is 21.6. The number of carbonyl (C=O) groups is 1. The van der Waals surface area contributed by atoms with E-state index in [-0.39, 0.29) is 12.6 Å². The number of benzene rings is 3. The third-order valence-corrected chi connectivity index (χ3v) is 16.6. The molecular formula is C62H95BrCl2N2O3. The summed E-state index contributed by atoms with van der Waals surface area (Å²) in [6.07, 6.45) is 48.9. The van der Waals surface area contributed by atoms with E-state index in [1.807, 2.05) is 24.4 Å². The molecule has 70 heavy (non-hydrogen) atoms. The van der Waals surface area contributed by atoms with E-state index in [1.54, 1.807) is 0 Å². The normalized spacial score (nSPS) is 15.8. The Morgan fingerprint density at radius 3 is 1.56 bits per heavy atom.